The highest BCUT2D eigenvalue weighted by Gasteiger charge is 2.17. The molecule has 0 unspecified atom stereocenters. The van der Waals surface area contributed by atoms with Gasteiger partial charge in [0.2, 0.25) is 5.88 Å². The maximum absolute atomic E-state index is 10.8. The maximum Gasteiger partial charge on any atom is 0.269 e. The highest BCUT2D eigenvalue weighted by atomic mass is 35.5. The third-order valence-electron chi connectivity index (χ3n) is 3.90. The number of hydrogen-bond donors (Lipinski definition) is 0. The number of nitro groups is 1. The summed E-state index contributed by atoms with van der Waals surface area (Å²) in [6.07, 6.45) is 2.75. The number of aryl methyl sites for hydroxylation is 1. The molecule has 1 heterocycles. The fraction of sp³-hybridized carbons (Fsp3) is 0.158. The monoisotopic (exact) mass is 369 g/mol. The second kappa shape index (κ2) is 7.49. The van der Waals surface area contributed by atoms with Gasteiger partial charge in [-0.15, -0.1) is 0 Å². The van der Waals surface area contributed by atoms with Crippen molar-refractivity contribution in [3.63, 3.8) is 0 Å². The first-order valence-electron chi connectivity index (χ1n) is 7.94. The number of halogens is 1. The fourth-order valence-corrected chi connectivity index (χ4v) is 2.93. The molecule has 0 aliphatic rings. The van der Waals surface area contributed by atoms with Crippen LogP contribution < -0.4 is 4.74 Å². The Labute approximate surface area is 155 Å². The predicted molar refractivity (Wildman–Crippen MR) is 99.4 cm³/mol. The molecule has 0 aliphatic heterocycles. The molecule has 2 aromatic carbocycles. The van der Waals surface area contributed by atoms with Gasteiger partial charge in [-0.25, -0.2) is 9.97 Å². The Morgan fingerprint density at radius 2 is 1.81 bits per heavy atom. The molecule has 132 valence electrons. The number of hydrogen-bond acceptors (Lipinski definition) is 5. The van der Waals surface area contributed by atoms with Gasteiger partial charge in [0.15, 0.2) is 0 Å². The lowest BCUT2D eigenvalue weighted by molar-refractivity contribution is -0.384. The van der Waals surface area contributed by atoms with Crippen LogP contribution in [0.2, 0.25) is 5.02 Å². The number of ether oxygens (including phenoxy) is 1. The first kappa shape index (κ1) is 17.8. The molecule has 3 aromatic rings. The van der Waals surface area contributed by atoms with Crippen molar-refractivity contribution < 1.29 is 9.66 Å². The van der Waals surface area contributed by atoms with Gasteiger partial charge in [0.05, 0.1) is 4.92 Å². The first-order chi connectivity index (χ1) is 12.5. The van der Waals surface area contributed by atoms with Gasteiger partial charge in [0, 0.05) is 40.7 Å². The Morgan fingerprint density at radius 1 is 1.12 bits per heavy atom. The van der Waals surface area contributed by atoms with Crippen LogP contribution >= 0.6 is 11.6 Å². The second-order valence-corrected chi connectivity index (χ2v) is 6.21. The number of benzene rings is 2. The Bertz CT molecular complexity index is 945. The standard InChI is InChI=1S/C19H16ClN3O3/c1-12-3-8-16(17(20)11-12)13(2)26-19-18(21-9-10-22-19)14-4-6-15(7-5-14)23(24)25/h3-11,13H,1-2H3/t13-/m1/s1. The Hall–Kier alpha value is -2.99. The van der Waals surface area contributed by atoms with Gasteiger partial charge in [0.25, 0.3) is 5.69 Å². The quantitative estimate of drug-likeness (QED) is 0.459. The number of aromatic nitrogens is 2. The Morgan fingerprint density at radius 3 is 2.46 bits per heavy atom. The van der Waals surface area contributed by atoms with Gasteiger partial charge in [-0.1, -0.05) is 23.7 Å². The van der Waals surface area contributed by atoms with Gasteiger partial charge >= 0.3 is 0 Å². The van der Waals surface area contributed by atoms with Crippen molar-refractivity contribution in [2.24, 2.45) is 0 Å². The topological polar surface area (TPSA) is 78.2 Å². The first-order valence-corrected chi connectivity index (χ1v) is 8.32. The summed E-state index contributed by atoms with van der Waals surface area (Å²) in [5.74, 6) is 0.338. The summed E-state index contributed by atoms with van der Waals surface area (Å²) < 4.78 is 5.99. The second-order valence-electron chi connectivity index (χ2n) is 5.80. The van der Waals surface area contributed by atoms with Crippen molar-refractivity contribution >= 4 is 17.3 Å². The molecule has 1 atom stereocenters. The fourth-order valence-electron chi connectivity index (χ4n) is 2.54. The average Bonchev–Trinajstić information content (AvgIpc) is 2.62. The maximum atomic E-state index is 10.8. The average molecular weight is 370 g/mol. The van der Waals surface area contributed by atoms with E-state index in [1.165, 1.54) is 18.3 Å². The summed E-state index contributed by atoms with van der Waals surface area (Å²) in [5, 5.41) is 11.4. The number of nitro benzene ring substituents is 1. The zero-order valence-corrected chi connectivity index (χ0v) is 15.0. The zero-order chi connectivity index (χ0) is 18.7. The number of non-ortho nitro benzene ring substituents is 1. The van der Waals surface area contributed by atoms with E-state index in [9.17, 15) is 10.1 Å². The van der Waals surface area contributed by atoms with Crippen molar-refractivity contribution in [1.82, 2.24) is 9.97 Å². The van der Waals surface area contributed by atoms with E-state index in [2.05, 4.69) is 9.97 Å². The molecule has 0 amide bonds. The smallest absolute Gasteiger partial charge is 0.269 e. The molecule has 0 saturated heterocycles. The molecule has 3 rings (SSSR count). The van der Waals surface area contributed by atoms with Gasteiger partial charge in [-0.2, -0.15) is 0 Å². The van der Waals surface area contributed by atoms with E-state index in [1.807, 2.05) is 32.0 Å². The molecular weight excluding hydrogens is 354 g/mol. The Balaban J connectivity index is 1.90. The highest BCUT2D eigenvalue weighted by molar-refractivity contribution is 6.31. The van der Waals surface area contributed by atoms with Crippen LogP contribution in [-0.4, -0.2) is 14.9 Å². The summed E-state index contributed by atoms with van der Waals surface area (Å²) in [7, 11) is 0. The van der Waals surface area contributed by atoms with E-state index in [0.717, 1.165) is 11.1 Å². The van der Waals surface area contributed by atoms with E-state index in [4.69, 9.17) is 16.3 Å². The van der Waals surface area contributed by atoms with Crippen molar-refractivity contribution in [2.45, 2.75) is 20.0 Å². The SMILES string of the molecule is Cc1ccc([C@@H](C)Oc2nccnc2-c2ccc([N+](=O)[O-])cc2)c(Cl)c1. The normalized spacial score (nSPS) is 11.8. The summed E-state index contributed by atoms with van der Waals surface area (Å²) in [6, 6.07) is 11.9. The minimum atomic E-state index is -0.445. The van der Waals surface area contributed by atoms with Crippen LogP contribution in [0.25, 0.3) is 11.3 Å². The summed E-state index contributed by atoms with van der Waals surface area (Å²) >= 11 is 6.31. The lowest BCUT2D eigenvalue weighted by Gasteiger charge is -2.17. The molecule has 0 radical (unpaired) electrons. The summed E-state index contributed by atoms with van der Waals surface area (Å²) in [6.45, 7) is 3.85. The van der Waals surface area contributed by atoms with Crippen molar-refractivity contribution in [2.75, 3.05) is 0 Å². The summed E-state index contributed by atoms with van der Waals surface area (Å²) in [4.78, 5) is 18.9. The molecule has 7 heteroatoms. The van der Waals surface area contributed by atoms with E-state index in [0.29, 0.717) is 22.2 Å². The van der Waals surface area contributed by atoms with Crippen molar-refractivity contribution in [3.05, 3.63) is 81.1 Å². The van der Waals surface area contributed by atoms with E-state index >= 15 is 0 Å². The molecular formula is C19H16ClN3O3. The predicted octanol–water partition coefficient (Wildman–Crippen LogP) is 5.15. The Kier molecular flexibility index (Phi) is 5.14. The lowest BCUT2D eigenvalue weighted by Crippen LogP contribution is -2.07. The third-order valence-corrected chi connectivity index (χ3v) is 4.23. The molecule has 0 bridgehead atoms. The van der Waals surface area contributed by atoms with Crippen LogP contribution in [0.3, 0.4) is 0 Å². The molecule has 0 spiro atoms. The van der Waals surface area contributed by atoms with Gasteiger partial charge in [0.1, 0.15) is 11.8 Å². The highest BCUT2D eigenvalue weighted by Crippen LogP contribution is 2.32. The van der Waals surface area contributed by atoms with Crippen molar-refractivity contribution in [3.8, 4) is 17.1 Å². The van der Waals surface area contributed by atoms with Gasteiger partial charge < -0.3 is 4.74 Å². The molecule has 26 heavy (non-hydrogen) atoms. The van der Waals surface area contributed by atoms with E-state index in [1.54, 1.807) is 18.3 Å². The van der Waals surface area contributed by atoms with Crippen LogP contribution in [0.15, 0.2) is 54.9 Å². The van der Waals surface area contributed by atoms with Crippen LogP contribution in [0.1, 0.15) is 24.2 Å². The summed E-state index contributed by atoms with van der Waals surface area (Å²) in [5.41, 5.74) is 3.12. The van der Waals surface area contributed by atoms with E-state index < -0.39 is 4.92 Å². The van der Waals surface area contributed by atoms with Gasteiger partial charge in [-0.05, 0) is 37.6 Å². The molecule has 0 aliphatic carbocycles. The lowest BCUT2D eigenvalue weighted by atomic mass is 10.1. The number of nitrogens with zero attached hydrogens (tertiary/aromatic N) is 3. The minimum absolute atomic E-state index is 0.0138. The van der Waals surface area contributed by atoms with Crippen LogP contribution in [-0.2, 0) is 0 Å². The van der Waals surface area contributed by atoms with Crippen LogP contribution in [0.5, 0.6) is 5.88 Å². The van der Waals surface area contributed by atoms with Gasteiger partial charge in [-0.3, -0.25) is 10.1 Å². The minimum Gasteiger partial charge on any atom is -0.468 e. The molecule has 1 aromatic heterocycles. The molecule has 6 nitrogen and oxygen atoms in total. The molecule has 0 fully saturated rings. The van der Waals surface area contributed by atoms with Crippen molar-refractivity contribution in [1.29, 1.82) is 0 Å². The third kappa shape index (κ3) is 3.81. The zero-order valence-electron chi connectivity index (χ0n) is 14.2. The van der Waals surface area contributed by atoms with Crippen LogP contribution in [0.4, 0.5) is 5.69 Å². The van der Waals surface area contributed by atoms with Crippen LogP contribution in [0, 0.1) is 17.0 Å². The van der Waals surface area contributed by atoms with E-state index in [-0.39, 0.29) is 11.8 Å². The largest absolute Gasteiger partial charge is 0.468 e. The number of rotatable bonds is 5. The molecule has 0 saturated carbocycles. The molecule has 0 N–H and O–H groups in total.